The zero-order valence-corrected chi connectivity index (χ0v) is 21.9. The van der Waals surface area contributed by atoms with E-state index < -0.39 is 25.1 Å². The first-order valence-corrected chi connectivity index (χ1v) is 14.3. The lowest BCUT2D eigenvalue weighted by atomic mass is 10.1. The first-order valence-electron chi connectivity index (χ1n) is 11.4. The van der Waals surface area contributed by atoms with E-state index in [2.05, 4.69) is 20.5 Å². The molecule has 5 aromatic rings. The van der Waals surface area contributed by atoms with Gasteiger partial charge in [0, 0.05) is 21.8 Å². The minimum absolute atomic E-state index is 0.0910. The molecule has 5 N–H and O–H groups in total. The Morgan fingerprint density at radius 2 is 1.20 bits per heavy atom. The van der Waals surface area contributed by atoms with Crippen LogP contribution in [-0.2, 0) is 20.2 Å². The zero-order chi connectivity index (χ0) is 28.7. The molecule has 0 aliphatic rings. The number of fused-ring (bicyclic) bond motifs is 2. The van der Waals surface area contributed by atoms with Crippen LogP contribution in [0.1, 0.15) is 0 Å². The van der Waals surface area contributed by atoms with Gasteiger partial charge in [-0.1, -0.05) is 36.4 Å². The van der Waals surface area contributed by atoms with E-state index in [4.69, 9.17) is 5.73 Å². The van der Waals surface area contributed by atoms with E-state index in [9.17, 15) is 31.0 Å². The third kappa shape index (κ3) is 5.37. The summed E-state index contributed by atoms with van der Waals surface area (Å²) in [6.45, 7) is 0. The van der Waals surface area contributed by atoms with Crippen LogP contribution in [-0.4, -0.2) is 31.0 Å². The van der Waals surface area contributed by atoms with Crippen LogP contribution in [0.3, 0.4) is 0 Å². The molecule has 0 aromatic heterocycles. The van der Waals surface area contributed by atoms with Gasteiger partial charge in [-0.15, -0.1) is 20.5 Å². The summed E-state index contributed by atoms with van der Waals surface area (Å²) in [5.41, 5.74) is 6.54. The number of nitrogens with zero attached hydrogens (tertiary/aromatic N) is 4. The van der Waals surface area contributed by atoms with Gasteiger partial charge in [-0.3, -0.25) is 9.11 Å². The Labute approximate surface area is 227 Å². The number of nitrogen functional groups attached to an aromatic ring is 1. The molecule has 12 nitrogen and oxygen atoms in total. The second-order valence-electron chi connectivity index (χ2n) is 8.54. The van der Waals surface area contributed by atoms with E-state index in [1.165, 1.54) is 42.5 Å². The lowest BCUT2D eigenvalue weighted by Gasteiger charge is -2.07. The second-order valence-corrected chi connectivity index (χ2v) is 11.4. The van der Waals surface area contributed by atoms with Gasteiger partial charge in [-0.25, -0.2) is 0 Å². The average molecular weight is 578 g/mol. The number of benzene rings is 5. The van der Waals surface area contributed by atoms with Crippen LogP contribution in [0.25, 0.3) is 21.5 Å². The van der Waals surface area contributed by atoms with Crippen LogP contribution in [0.4, 0.5) is 28.4 Å². The van der Waals surface area contributed by atoms with Gasteiger partial charge in [0.15, 0.2) is 0 Å². The van der Waals surface area contributed by atoms with Gasteiger partial charge >= 0.3 is 0 Å². The van der Waals surface area contributed by atoms with E-state index in [0.29, 0.717) is 32.9 Å². The highest BCUT2D eigenvalue weighted by molar-refractivity contribution is 7.86. The molecule has 0 aliphatic carbocycles. The Kier molecular flexibility index (Phi) is 6.77. The van der Waals surface area contributed by atoms with Gasteiger partial charge in [0.2, 0.25) is 0 Å². The second kappa shape index (κ2) is 10.1. The molecular formula is C26H19N5O7S2. The van der Waals surface area contributed by atoms with Gasteiger partial charge < -0.3 is 10.8 Å². The summed E-state index contributed by atoms with van der Waals surface area (Å²) in [7, 11) is -9.01. The number of nitrogens with two attached hydrogens (primary N) is 1. The van der Waals surface area contributed by atoms with Crippen LogP contribution < -0.4 is 5.73 Å². The zero-order valence-electron chi connectivity index (χ0n) is 20.2. The monoisotopic (exact) mass is 577 g/mol. The SMILES string of the molecule is Nc1ccc(N=Nc2ccc(N=Nc3c(O)ccc4cc(S(=O)(=O)O)ccc34)c3ccccc23)c(S(=O)(=O)O)c1. The maximum atomic E-state index is 11.7. The maximum absolute atomic E-state index is 11.7. The highest BCUT2D eigenvalue weighted by atomic mass is 32.2. The first kappa shape index (κ1) is 26.8. The fourth-order valence-corrected chi connectivity index (χ4v) is 5.19. The summed E-state index contributed by atoms with van der Waals surface area (Å²) < 4.78 is 65.4. The van der Waals surface area contributed by atoms with Crippen molar-refractivity contribution in [2.75, 3.05) is 5.73 Å². The van der Waals surface area contributed by atoms with Crippen molar-refractivity contribution >= 4 is 70.2 Å². The number of aromatic hydroxyl groups is 1. The molecule has 0 unspecified atom stereocenters. The largest absolute Gasteiger partial charge is 0.506 e. The third-order valence-corrected chi connectivity index (χ3v) is 7.63. The summed E-state index contributed by atoms with van der Waals surface area (Å²) in [6, 6.07) is 20.8. The molecule has 0 saturated heterocycles. The van der Waals surface area contributed by atoms with Crippen molar-refractivity contribution in [2.24, 2.45) is 20.5 Å². The number of phenolic OH excluding ortho intramolecular Hbond substituents is 1. The predicted octanol–water partition coefficient (Wildman–Crippen LogP) is 6.61. The van der Waals surface area contributed by atoms with Crippen molar-refractivity contribution in [3.05, 3.63) is 84.9 Å². The summed E-state index contributed by atoms with van der Waals surface area (Å²) in [5, 5.41) is 29.2. The summed E-state index contributed by atoms with van der Waals surface area (Å²) >= 11 is 0. The molecule has 0 saturated carbocycles. The fraction of sp³-hybridized carbons (Fsp3) is 0. The Hall–Kier alpha value is -4.76. The molecule has 5 rings (SSSR count). The van der Waals surface area contributed by atoms with Crippen molar-refractivity contribution < 1.29 is 31.0 Å². The standard InChI is InChI=1S/C26H19N5O7S2/c27-16-6-9-23(25(14-16)40(36,37)38)30-28-21-10-11-22(20-4-2-1-3-19(20)21)29-31-26-18-8-7-17(39(33,34)35)13-15(18)5-12-24(26)32/h1-14,32H,27H2,(H,33,34,35)(H,36,37,38). The minimum Gasteiger partial charge on any atom is -0.506 e. The summed E-state index contributed by atoms with van der Waals surface area (Å²) in [4.78, 5) is -0.781. The molecule has 5 aromatic carbocycles. The lowest BCUT2D eigenvalue weighted by molar-refractivity contribution is 0.477. The highest BCUT2D eigenvalue weighted by Crippen LogP contribution is 2.39. The Bertz CT molecular complexity index is 2090. The molecule has 40 heavy (non-hydrogen) atoms. The van der Waals surface area contributed by atoms with E-state index in [-0.39, 0.29) is 27.7 Å². The van der Waals surface area contributed by atoms with Gasteiger partial charge in [0.05, 0.1) is 16.3 Å². The van der Waals surface area contributed by atoms with Crippen LogP contribution >= 0.6 is 0 Å². The van der Waals surface area contributed by atoms with Gasteiger partial charge in [-0.05, 0) is 53.9 Å². The lowest BCUT2D eigenvalue weighted by Crippen LogP contribution is -1.99. The van der Waals surface area contributed by atoms with Crippen molar-refractivity contribution in [2.45, 2.75) is 9.79 Å². The number of phenols is 1. The van der Waals surface area contributed by atoms with E-state index in [1.54, 1.807) is 36.4 Å². The molecule has 0 amide bonds. The summed E-state index contributed by atoms with van der Waals surface area (Å²) in [6.07, 6.45) is 0. The highest BCUT2D eigenvalue weighted by Gasteiger charge is 2.17. The van der Waals surface area contributed by atoms with Crippen molar-refractivity contribution in [1.29, 1.82) is 0 Å². The molecule has 14 heteroatoms. The van der Waals surface area contributed by atoms with Gasteiger partial charge in [0.1, 0.15) is 22.0 Å². The number of anilines is 1. The normalized spacial score (nSPS) is 12.7. The number of hydrogen-bond donors (Lipinski definition) is 4. The molecule has 0 atom stereocenters. The van der Waals surface area contributed by atoms with Gasteiger partial charge in [0.25, 0.3) is 20.2 Å². The third-order valence-electron chi connectivity index (χ3n) is 5.90. The van der Waals surface area contributed by atoms with Crippen LogP contribution in [0.2, 0.25) is 0 Å². The molecule has 0 aliphatic heterocycles. The van der Waals surface area contributed by atoms with Crippen LogP contribution in [0, 0.1) is 0 Å². The van der Waals surface area contributed by atoms with E-state index >= 15 is 0 Å². The number of hydrogen-bond acceptors (Lipinski definition) is 10. The molecule has 0 fully saturated rings. The minimum atomic E-state index is -4.60. The quantitative estimate of drug-likeness (QED) is 0.0979. The Morgan fingerprint density at radius 3 is 1.82 bits per heavy atom. The van der Waals surface area contributed by atoms with E-state index in [0.717, 1.165) is 6.07 Å². The Morgan fingerprint density at radius 1 is 0.600 bits per heavy atom. The van der Waals surface area contributed by atoms with Crippen LogP contribution in [0.5, 0.6) is 5.75 Å². The summed E-state index contributed by atoms with van der Waals surface area (Å²) in [5.74, 6) is -0.191. The molecular weight excluding hydrogens is 558 g/mol. The maximum Gasteiger partial charge on any atom is 0.296 e. The number of rotatable bonds is 6. The molecule has 0 heterocycles. The Balaban J connectivity index is 1.56. The first-order chi connectivity index (χ1) is 18.9. The fourth-order valence-electron chi connectivity index (χ4n) is 4.02. The van der Waals surface area contributed by atoms with Crippen molar-refractivity contribution in [3.8, 4) is 5.75 Å². The average Bonchev–Trinajstić information content (AvgIpc) is 2.91. The molecule has 0 bridgehead atoms. The molecule has 0 spiro atoms. The number of azo groups is 2. The van der Waals surface area contributed by atoms with Crippen molar-refractivity contribution in [3.63, 3.8) is 0 Å². The van der Waals surface area contributed by atoms with Gasteiger partial charge in [-0.2, -0.15) is 16.8 Å². The van der Waals surface area contributed by atoms with Crippen molar-refractivity contribution in [1.82, 2.24) is 0 Å². The smallest absolute Gasteiger partial charge is 0.296 e. The van der Waals surface area contributed by atoms with E-state index in [1.807, 2.05) is 0 Å². The molecule has 0 radical (unpaired) electrons. The van der Waals surface area contributed by atoms with Crippen LogP contribution in [0.15, 0.2) is 115 Å². The topological polar surface area (TPSA) is 204 Å². The predicted molar refractivity (Wildman–Crippen MR) is 148 cm³/mol. The molecule has 202 valence electrons.